The lowest BCUT2D eigenvalue weighted by molar-refractivity contribution is -0.138. The van der Waals surface area contributed by atoms with Crippen molar-refractivity contribution in [3.05, 3.63) is 55.1 Å². The van der Waals surface area contributed by atoms with Crippen molar-refractivity contribution in [1.29, 1.82) is 0 Å². The molecule has 0 radical (unpaired) electrons. The molecule has 0 fully saturated rings. The number of nitrogens with zero attached hydrogens (tertiary/aromatic N) is 2. The van der Waals surface area contributed by atoms with Gasteiger partial charge in [-0.3, -0.25) is 14.8 Å². The monoisotopic (exact) mass is 324 g/mol. The Morgan fingerprint density at radius 2 is 1.83 bits per heavy atom. The summed E-state index contributed by atoms with van der Waals surface area (Å²) in [5.41, 5.74) is 1.93. The van der Waals surface area contributed by atoms with E-state index < -0.39 is 10.7 Å². The Hall–Kier alpha value is -2.40. The molecule has 1 aromatic carbocycles. The van der Waals surface area contributed by atoms with E-state index in [2.05, 4.69) is 9.97 Å². The molecule has 0 atom stereocenters. The smallest absolute Gasteiger partial charge is 0.319 e. The Kier molecular flexibility index (Phi) is 4.05. The average Bonchev–Trinajstić information content (AvgIpc) is 2.54. The van der Waals surface area contributed by atoms with Gasteiger partial charge in [0.1, 0.15) is 4.75 Å². The van der Waals surface area contributed by atoms with Crippen molar-refractivity contribution in [2.24, 2.45) is 0 Å². The fourth-order valence-electron chi connectivity index (χ4n) is 2.33. The number of carboxylic acid groups (broad SMARTS) is 1. The maximum absolute atomic E-state index is 11.4. The lowest BCUT2D eigenvalue weighted by Crippen LogP contribution is -2.27. The number of pyridine rings is 2. The van der Waals surface area contributed by atoms with E-state index in [0.717, 1.165) is 26.8 Å². The van der Waals surface area contributed by atoms with Gasteiger partial charge < -0.3 is 5.11 Å². The molecular weight excluding hydrogens is 308 g/mol. The molecule has 0 aliphatic carbocycles. The van der Waals surface area contributed by atoms with Crippen LogP contribution in [0.5, 0.6) is 0 Å². The van der Waals surface area contributed by atoms with Gasteiger partial charge in [-0.1, -0.05) is 24.3 Å². The second kappa shape index (κ2) is 6.01. The van der Waals surface area contributed by atoms with Crippen LogP contribution >= 0.6 is 11.8 Å². The highest BCUT2D eigenvalue weighted by molar-refractivity contribution is 8.01. The highest BCUT2D eigenvalue weighted by Gasteiger charge is 2.29. The third kappa shape index (κ3) is 3.05. The van der Waals surface area contributed by atoms with Crippen LogP contribution in [0.15, 0.2) is 60.0 Å². The van der Waals surface area contributed by atoms with Crippen LogP contribution in [0.4, 0.5) is 0 Å². The van der Waals surface area contributed by atoms with Gasteiger partial charge in [0.2, 0.25) is 0 Å². The highest BCUT2D eigenvalue weighted by atomic mass is 32.2. The van der Waals surface area contributed by atoms with Gasteiger partial charge in [-0.05, 0) is 25.3 Å². The van der Waals surface area contributed by atoms with E-state index in [1.807, 2.05) is 42.7 Å². The van der Waals surface area contributed by atoms with Crippen LogP contribution in [0.1, 0.15) is 13.8 Å². The first-order chi connectivity index (χ1) is 11.0. The standard InChI is InChI=1S/C18H16N2O2S/c1-18(2,17(21)22)23-16-11-19-8-7-14(16)15-10-20-9-12-5-3-4-6-13(12)15/h3-11H,1-2H3,(H,21,22). The van der Waals surface area contributed by atoms with Crippen molar-refractivity contribution in [2.75, 3.05) is 0 Å². The molecule has 0 aliphatic rings. The molecule has 0 unspecified atom stereocenters. The van der Waals surface area contributed by atoms with Crippen LogP contribution in [-0.4, -0.2) is 25.8 Å². The molecule has 3 aromatic rings. The fraction of sp³-hybridized carbons (Fsp3) is 0.167. The van der Waals surface area contributed by atoms with Crippen LogP contribution < -0.4 is 0 Å². The van der Waals surface area contributed by atoms with Gasteiger partial charge in [0.15, 0.2) is 0 Å². The molecule has 0 saturated heterocycles. The maximum Gasteiger partial charge on any atom is 0.319 e. The first-order valence-corrected chi connectivity index (χ1v) is 8.00. The number of rotatable bonds is 4. The summed E-state index contributed by atoms with van der Waals surface area (Å²) < 4.78 is -0.935. The molecule has 5 heteroatoms. The summed E-state index contributed by atoms with van der Waals surface area (Å²) in [5.74, 6) is -0.853. The van der Waals surface area contributed by atoms with Crippen molar-refractivity contribution in [3.8, 4) is 11.1 Å². The maximum atomic E-state index is 11.4. The van der Waals surface area contributed by atoms with Crippen LogP contribution in [0, 0.1) is 0 Å². The van der Waals surface area contributed by atoms with Crippen LogP contribution in [0.3, 0.4) is 0 Å². The number of thioether (sulfide) groups is 1. The molecule has 0 aliphatic heterocycles. The SMILES string of the molecule is CC(C)(Sc1cnccc1-c1cncc2ccccc12)C(=O)O. The quantitative estimate of drug-likeness (QED) is 0.727. The topological polar surface area (TPSA) is 63.1 Å². The van der Waals surface area contributed by atoms with Crippen LogP contribution in [0.25, 0.3) is 21.9 Å². The Bertz CT molecular complexity index is 872. The first-order valence-electron chi connectivity index (χ1n) is 7.18. The number of carbonyl (C=O) groups is 1. The second-order valence-electron chi connectivity index (χ2n) is 5.70. The van der Waals surface area contributed by atoms with Gasteiger partial charge in [-0.2, -0.15) is 0 Å². The summed E-state index contributed by atoms with van der Waals surface area (Å²) in [7, 11) is 0. The van der Waals surface area contributed by atoms with Crippen LogP contribution in [-0.2, 0) is 4.79 Å². The van der Waals surface area contributed by atoms with Gasteiger partial charge in [0, 0.05) is 46.2 Å². The number of hydrogen-bond acceptors (Lipinski definition) is 4. The van der Waals surface area contributed by atoms with Crippen molar-refractivity contribution in [3.63, 3.8) is 0 Å². The molecule has 2 aromatic heterocycles. The Morgan fingerprint density at radius 3 is 2.61 bits per heavy atom. The van der Waals surface area contributed by atoms with Crippen molar-refractivity contribution >= 4 is 28.5 Å². The minimum Gasteiger partial charge on any atom is -0.480 e. The number of hydrogen-bond donors (Lipinski definition) is 1. The predicted octanol–water partition coefficient (Wildman–Crippen LogP) is 4.25. The lowest BCUT2D eigenvalue weighted by Gasteiger charge is -2.20. The van der Waals surface area contributed by atoms with Gasteiger partial charge in [-0.15, -0.1) is 11.8 Å². The van der Waals surface area contributed by atoms with Gasteiger partial charge in [0.25, 0.3) is 0 Å². The number of aromatic nitrogens is 2. The highest BCUT2D eigenvalue weighted by Crippen LogP contribution is 2.40. The molecule has 0 spiro atoms. The predicted molar refractivity (Wildman–Crippen MR) is 92.5 cm³/mol. The Balaban J connectivity index is 2.15. The molecule has 2 heterocycles. The van der Waals surface area contributed by atoms with Crippen LogP contribution in [0.2, 0.25) is 0 Å². The molecule has 0 bridgehead atoms. The zero-order valence-corrected chi connectivity index (χ0v) is 13.7. The summed E-state index contributed by atoms with van der Waals surface area (Å²) in [6.45, 7) is 3.39. The van der Waals surface area contributed by atoms with E-state index in [-0.39, 0.29) is 0 Å². The van der Waals surface area contributed by atoms with E-state index in [1.165, 1.54) is 11.8 Å². The van der Waals surface area contributed by atoms with E-state index in [4.69, 9.17) is 0 Å². The molecule has 0 saturated carbocycles. The number of aliphatic carboxylic acids is 1. The molecule has 1 N–H and O–H groups in total. The van der Waals surface area contributed by atoms with E-state index in [1.54, 1.807) is 26.2 Å². The van der Waals surface area contributed by atoms with E-state index in [9.17, 15) is 9.90 Å². The third-order valence-electron chi connectivity index (χ3n) is 3.62. The van der Waals surface area contributed by atoms with Gasteiger partial charge in [0.05, 0.1) is 0 Å². The molecule has 4 nitrogen and oxygen atoms in total. The minimum atomic E-state index is -0.935. The molecule has 116 valence electrons. The van der Waals surface area contributed by atoms with E-state index in [0.29, 0.717) is 0 Å². The summed E-state index contributed by atoms with van der Waals surface area (Å²) in [6, 6.07) is 9.93. The first kappa shape index (κ1) is 15.5. The largest absolute Gasteiger partial charge is 0.480 e. The van der Waals surface area contributed by atoms with Crippen molar-refractivity contribution in [1.82, 2.24) is 9.97 Å². The summed E-state index contributed by atoms with van der Waals surface area (Å²) in [4.78, 5) is 20.7. The lowest BCUT2D eigenvalue weighted by atomic mass is 10.0. The van der Waals surface area contributed by atoms with Crippen molar-refractivity contribution in [2.45, 2.75) is 23.5 Å². The summed E-state index contributed by atoms with van der Waals surface area (Å²) >= 11 is 1.29. The Morgan fingerprint density at radius 1 is 1.04 bits per heavy atom. The third-order valence-corrected chi connectivity index (χ3v) is 4.85. The molecular formula is C18H16N2O2S. The second-order valence-corrected chi connectivity index (χ2v) is 7.36. The zero-order chi connectivity index (χ0) is 16.4. The number of carboxylic acids is 1. The fourth-order valence-corrected chi connectivity index (χ4v) is 3.37. The van der Waals surface area contributed by atoms with E-state index >= 15 is 0 Å². The van der Waals surface area contributed by atoms with Gasteiger partial charge >= 0.3 is 5.97 Å². The molecule has 3 rings (SSSR count). The minimum absolute atomic E-state index is 0.832. The van der Waals surface area contributed by atoms with Gasteiger partial charge in [-0.25, -0.2) is 0 Å². The normalized spacial score (nSPS) is 11.6. The molecule has 0 amide bonds. The summed E-state index contributed by atoms with van der Waals surface area (Å²) in [6.07, 6.45) is 7.07. The number of benzene rings is 1. The summed E-state index contributed by atoms with van der Waals surface area (Å²) in [5, 5.41) is 11.5. The molecule has 23 heavy (non-hydrogen) atoms. The number of fused-ring (bicyclic) bond motifs is 1. The Labute approximate surface area is 138 Å². The zero-order valence-electron chi connectivity index (χ0n) is 12.9. The van der Waals surface area contributed by atoms with Crippen molar-refractivity contribution < 1.29 is 9.90 Å². The average molecular weight is 324 g/mol.